The predicted octanol–water partition coefficient (Wildman–Crippen LogP) is 2.63. The van der Waals surface area contributed by atoms with Gasteiger partial charge in [-0.15, -0.1) is 11.3 Å². The van der Waals surface area contributed by atoms with Gasteiger partial charge < -0.3 is 19.6 Å². The van der Waals surface area contributed by atoms with Gasteiger partial charge in [-0.3, -0.25) is 9.59 Å². The Morgan fingerprint density at radius 3 is 2.90 bits per heavy atom. The molecule has 1 saturated carbocycles. The van der Waals surface area contributed by atoms with Crippen molar-refractivity contribution in [2.75, 3.05) is 38.3 Å². The SMILES string of the molecule is COCCCN(Cc1cccs1)C(=O)CN1C(=O)[C@@]2(CO)C[C@H]2c2ccccc21. The number of hydrogen-bond donors (Lipinski definition) is 1. The minimum atomic E-state index is -0.747. The van der Waals surface area contributed by atoms with Gasteiger partial charge in [-0.1, -0.05) is 24.3 Å². The zero-order chi connectivity index (χ0) is 20.4. The molecule has 1 aliphatic heterocycles. The first-order chi connectivity index (χ1) is 14.1. The molecular weight excluding hydrogens is 388 g/mol. The summed E-state index contributed by atoms with van der Waals surface area (Å²) in [7, 11) is 1.65. The minimum Gasteiger partial charge on any atom is -0.395 e. The van der Waals surface area contributed by atoms with Crippen LogP contribution in [0.4, 0.5) is 5.69 Å². The van der Waals surface area contributed by atoms with Crippen molar-refractivity contribution < 1.29 is 19.4 Å². The van der Waals surface area contributed by atoms with E-state index in [1.807, 2.05) is 41.8 Å². The first kappa shape index (κ1) is 20.1. The van der Waals surface area contributed by atoms with Gasteiger partial charge in [0.25, 0.3) is 0 Å². The fourth-order valence-corrected chi connectivity index (χ4v) is 4.99. The maximum Gasteiger partial charge on any atom is 0.242 e. The summed E-state index contributed by atoms with van der Waals surface area (Å²) in [6.07, 6.45) is 1.39. The number of fused-ring (bicyclic) bond motifs is 3. The van der Waals surface area contributed by atoms with Crippen LogP contribution < -0.4 is 4.90 Å². The number of ether oxygens (including phenoxy) is 1. The number of thiophene rings is 1. The van der Waals surface area contributed by atoms with E-state index in [1.54, 1.807) is 28.2 Å². The molecule has 1 N–H and O–H groups in total. The monoisotopic (exact) mass is 414 g/mol. The molecule has 29 heavy (non-hydrogen) atoms. The number of benzene rings is 1. The molecular formula is C22H26N2O4S. The normalized spacial score (nSPS) is 22.2. The van der Waals surface area contributed by atoms with Crippen LogP contribution in [0.3, 0.4) is 0 Å². The van der Waals surface area contributed by atoms with E-state index in [0.29, 0.717) is 26.1 Å². The molecule has 2 heterocycles. The van der Waals surface area contributed by atoms with Crippen molar-refractivity contribution in [3.8, 4) is 0 Å². The van der Waals surface area contributed by atoms with Gasteiger partial charge in [-0.05, 0) is 35.9 Å². The number of methoxy groups -OCH3 is 1. The Hall–Kier alpha value is -2.22. The van der Waals surface area contributed by atoms with Crippen LogP contribution in [0, 0.1) is 5.41 Å². The van der Waals surface area contributed by atoms with Crippen molar-refractivity contribution in [2.24, 2.45) is 5.41 Å². The summed E-state index contributed by atoms with van der Waals surface area (Å²) in [5.41, 5.74) is 1.10. The molecule has 1 aromatic heterocycles. The molecule has 2 aliphatic rings. The average molecular weight is 415 g/mol. The molecule has 2 atom stereocenters. The van der Waals surface area contributed by atoms with E-state index >= 15 is 0 Å². The maximum absolute atomic E-state index is 13.2. The first-order valence-corrected chi connectivity index (χ1v) is 10.8. The lowest BCUT2D eigenvalue weighted by atomic mass is 9.92. The number of rotatable bonds is 9. The molecule has 6 nitrogen and oxygen atoms in total. The molecule has 1 aromatic carbocycles. The second kappa shape index (κ2) is 8.26. The number of carbonyl (C=O) groups excluding carboxylic acids is 2. The summed E-state index contributed by atoms with van der Waals surface area (Å²) < 4.78 is 5.14. The fourth-order valence-electron chi connectivity index (χ4n) is 4.27. The van der Waals surface area contributed by atoms with Gasteiger partial charge in [0.2, 0.25) is 11.8 Å². The van der Waals surface area contributed by atoms with Crippen molar-refractivity contribution in [1.29, 1.82) is 0 Å². The number of para-hydroxylation sites is 1. The van der Waals surface area contributed by atoms with E-state index in [-0.39, 0.29) is 30.9 Å². The summed E-state index contributed by atoms with van der Waals surface area (Å²) in [6, 6.07) is 11.7. The van der Waals surface area contributed by atoms with Gasteiger partial charge in [-0.2, -0.15) is 0 Å². The summed E-state index contributed by atoms with van der Waals surface area (Å²) in [5.74, 6) is -0.165. The molecule has 0 radical (unpaired) electrons. The van der Waals surface area contributed by atoms with E-state index < -0.39 is 5.41 Å². The van der Waals surface area contributed by atoms with E-state index in [4.69, 9.17) is 4.74 Å². The van der Waals surface area contributed by atoms with Crippen LogP contribution >= 0.6 is 11.3 Å². The van der Waals surface area contributed by atoms with Gasteiger partial charge in [0.1, 0.15) is 6.54 Å². The number of hydrogen-bond acceptors (Lipinski definition) is 5. The molecule has 0 unspecified atom stereocenters. The lowest BCUT2D eigenvalue weighted by Gasteiger charge is -2.34. The number of amides is 2. The van der Waals surface area contributed by atoms with Crippen LogP contribution in [-0.2, 0) is 20.9 Å². The van der Waals surface area contributed by atoms with E-state index in [9.17, 15) is 14.7 Å². The molecule has 1 aliphatic carbocycles. The lowest BCUT2D eigenvalue weighted by molar-refractivity contribution is -0.133. The van der Waals surface area contributed by atoms with Crippen molar-refractivity contribution in [1.82, 2.24) is 4.90 Å². The van der Waals surface area contributed by atoms with Crippen molar-refractivity contribution >= 4 is 28.8 Å². The summed E-state index contributed by atoms with van der Waals surface area (Å²) in [4.78, 5) is 30.9. The Labute approximate surface area is 174 Å². The van der Waals surface area contributed by atoms with E-state index in [0.717, 1.165) is 22.5 Å². The number of carbonyl (C=O) groups is 2. The Morgan fingerprint density at radius 2 is 2.17 bits per heavy atom. The zero-order valence-corrected chi connectivity index (χ0v) is 17.4. The van der Waals surface area contributed by atoms with Crippen LogP contribution in [0.15, 0.2) is 41.8 Å². The number of anilines is 1. The van der Waals surface area contributed by atoms with Crippen LogP contribution in [0.5, 0.6) is 0 Å². The zero-order valence-electron chi connectivity index (χ0n) is 16.5. The molecule has 4 rings (SSSR count). The third kappa shape index (κ3) is 3.70. The molecule has 2 amide bonds. The number of aliphatic hydroxyl groups is 1. The van der Waals surface area contributed by atoms with Crippen molar-refractivity contribution in [2.45, 2.75) is 25.3 Å². The van der Waals surface area contributed by atoms with Gasteiger partial charge in [-0.25, -0.2) is 0 Å². The minimum absolute atomic E-state index is 0.0112. The average Bonchev–Trinajstić information content (AvgIpc) is 3.29. The van der Waals surface area contributed by atoms with E-state index in [1.165, 1.54) is 0 Å². The largest absolute Gasteiger partial charge is 0.395 e. The first-order valence-electron chi connectivity index (χ1n) is 9.91. The highest BCUT2D eigenvalue weighted by molar-refractivity contribution is 7.09. The Bertz CT molecular complexity index is 885. The molecule has 2 aromatic rings. The van der Waals surface area contributed by atoms with Gasteiger partial charge >= 0.3 is 0 Å². The number of nitrogens with zero attached hydrogens (tertiary/aromatic N) is 2. The highest BCUT2D eigenvalue weighted by Crippen LogP contribution is 2.64. The van der Waals surface area contributed by atoms with Gasteiger partial charge in [0, 0.05) is 36.7 Å². The Balaban J connectivity index is 1.55. The Morgan fingerprint density at radius 1 is 1.34 bits per heavy atom. The molecule has 0 saturated heterocycles. The highest BCUT2D eigenvalue weighted by Gasteiger charge is 2.65. The molecule has 7 heteroatoms. The fraction of sp³-hybridized carbons (Fsp3) is 0.455. The second-order valence-electron chi connectivity index (χ2n) is 7.76. The van der Waals surface area contributed by atoms with Crippen molar-refractivity contribution in [3.63, 3.8) is 0 Å². The molecule has 154 valence electrons. The highest BCUT2D eigenvalue weighted by atomic mass is 32.1. The standard InChI is InChI=1S/C22H26N2O4S/c1-28-10-5-9-23(13-16-6-4-11-29-16)20(26)14-24-19-8-3-2-7-17(19)18-12-22(18,15-25)21(24)27/h2-4,6-8,11,18,25H,5,9-10,12-15H2,1H3/t18-,22+/m0/s1. The quantitative estimate of drug-likeness (QED) is 0.641. The smallest absolute Gasteiger partial charge is 0.242 e. The third-order valence-electron chi connectivity index (χ3n) is 5.98. The van der Waals surface area contributed by atoms with Crippen LogP contribution in [0.1, 0.15) is 29.2 Å². The van der Waals surface area contributed by atoms with Crippen LogP contribution in [0.2, 0.25) is 0 Å². The van der Waals surface area contributed by atoms with Crippen LogP contribution in [-0.4, -0.2) is 55.2 Å². The number of aliphatic hydroxyl groups excluding tert-OH is 1. The lowest BCUT2D eigenvalue weighted by Crippen LogP contribution is -2.48. The Kier molecular flexibility index (Phi) is 5.72. The third-order valence-corrected chi connectivity index (χ3v) is 6.84. The van der Waals surface area contributed by atoms with Gasteiger partial charge in [0.15, 0.2) is 0 Å². The summed E-state index contributed by atoms with van der Waals surface area (Å²) >= 11 is 1.61. The molecule has 0 spiro atoms. The maximum atomic E-state index is 13.2. The summed E-state index contributed by atoms with van der Waals surface area (Å²) in [5, 5.41) is 11.9. The van der Waals surface area contributed by atoms with Crippen molar-refractivity contribution in [3.05, 3.63) is 52.2 Å². The molecule has 0 bridgehead atoms. The van der Waals surface area contributed by atoms with Crippen LogP contribution in [0.25, 0.3) is 0 Å². The van der Waals surface area contributed by atoms with Gasteiger partial charge in [0.05, 0.1) is 18.6 Å². The van der Waals surface area contributed by atoms with E-state index in [2.05, 4.69) is 0 Å². The predicted molar refractivity (Wildman–Crippen MR) is 112 cm³/mol. The summed E-state index contributed by atoms with van der Waals surface area (Å²) in [6.45, 7) is 1.49. The topological polar surface area (TPSA) is 70.1 Å². The molecule has 1 fully saturated rings. The second-order valence-corrected chi connectivity index (χ2v) is 8.79.